The average molecular weight is 260 g/mol. The Bertz CT molecular complexity index is 459. The zero-order valence-electron chi connectivity index (χ0n) is 8.46. The van der Waals surface area contributed by atoms with E-state index in [4.69, 9.17) is 33.7 Å². The summed E-state index contributed by atoms with van der Waals surface area (Å²) in [7, 11) is 0. The third kappa shape index (κ3) is 2.47. The van der Waals surface area contributed by atoms with Crippen LogP contribution in [0.1, 0.15) is 5.82 Å². The molecular formula is C10H11Cl2N3O. The molecule has 6 heteroatoms. The Morgan fingerprint density at radius 2 is 2.06 bits per heavy atom. The summed E-state index contributed by atoms with van der Waals surface area (Å²) < 4.78 is 5.27. The molecule has 0 bridgehead atoms. The van der Waals surface area contributed by atoms with Crippen molar-refractivity contribution in [2.45, 2.75) is 6.61 Å². The number of imidazole rings is 1. The summed E-state index contributed by atoms with van der Waals surface area (Å²) in [5.74, 6) is 0.738. The Hall–Kier alpha value is -0.810. The maximum atomic E-state index is 5.90. The molecule has 2 rings (SSSR count). The topological polar surface area (TPSA) is 63.9 Å². The molecule has 0 fully saturated rings. The fraction of sp³-hybridized carbons (Fsp3) is 0.300. The smallest absolute Gasteiger partial charge is 0.133 e. The van der Waals surface area contributed by atoms with E-state index in [9.17, 15) is 0 Å². The van der Waals surface area contributed by atoms with Crippen LogP contribution in [-0.4, -0.2) is 23.1 Å². The van der Waals surface area contributed by atoms with E-state index in [0.29, 0.717) is 29.8 Å². The van der Waals surface area contributed by atoms with Crippen LogP contribution in [0.5, 0.6) is 0 Å². The van der Waals surface area contributed by atoms with Gasteiger partial charge in [0.05, 0.1) is 27.7 Å². The molecule has 86 valence electrons. The van der Waals surface area contributed by atoms with E-state index in [0.717, 1.165) is 16.9 Å². The van der Waals surface area contributed by atoms with Gasteiger partial charge in [0, 0.05) is 6.54 Å². The number of halogens is 2. The molecule has 0 saturated heterocycles. The second-order valence-corrected chi connectivity index (χ2v) is 4.12. The minimum absolute atomic E-state index is 0.404. The number of benzene rings is 1. The van der Waals surface area contributed by atoms with E-state index in [1.165, 1.54) is 0 Å². The lowest BCUT2D eigenvalue weighted by molar-refractivity contribution is 0.123. The fourth-order valence-electron chi connectivity index (χ4n) is 1.38. The Labute approximate surface area is 103 Å². The molecular weight excluding hydrogens is 249 g/mol. The van der Waals surface area contributed by atoms with Gasteiger partial charge in [0.2, 0.25) is 0 Å². The van der Waals surface area contributed by atoms with Crippen molar-refractivity contribution in [3.05, 3.63) is 28.0 Å². The minimum Gasteiger partial charge on any atom is -0.372 e. The predicted octanol–water partition coefficient (Wildman–Crippen LogP) is 2.34. The monoisotopic (exact) mass is 259 g/mol. The first-order valence-electron chi connectivity index (χ1n) is 4.82. The van der Waals surface area contributed by atoms with E-state index in [1.54, 1.807) is 12.1 Å². The van der Waals surface area contributed by atoms with Crippen LogP contribution in [0.3, 0.4) is 0 Å². The number of aromatic nitrogens is 2. The van der Waals surface area contributed by atoms with Gasteiger partial charge in [-0.25, -0.2) is 4.98 Å². The van der Waals surface area contributed by atoms with E-state index in [-0.39, 0.29) is 0 Å². The third-order valence-corrected chi connectivity index (χ3v) is 2.80. The first-order valence-corrected chi connectivity index (χ1v) is 5.57. The van der Waals surface area contributed by atoms with Crippen molar-refractivity contribution in [2.24, 2.45) is 5.73 Å². The lowest BCUT2D eigenvalue weighted by Crippen LogP contribution is -2.08. The zero-order chi connectivity index (χ0) is 11.5. The van der Waals surface area contributed by atoms with Crippen molar-refractivity contribution < 1.29 is 4.74 Å². The maximum Gasteiger partial charge on any atom is 0.133 e. The van der Waals surface area contributed by atoms with Gasteiger partial charge in [0.25, 0.3) is 0 Å². The number of fused-ring (bicyclic) bond motifs is 1. The number of H-pyrrole nitrogens is 1. The molecule has 1 aromatic heterocycles. The maximum absolute atomic E-state index is 5.90. The first kappa shape index (κ1) is 11.7. The van der Waals surface area contributed by atoms with Gasteiger partial charge in [-0.3, -0.25) is 0 Å². The van der Waals surface area contributed by atoms with E-state index >= 15 is 0 Å². The molecule has 2 aromatic rings. The van der Waals surface area contributed by atoms with Crippen LogP contribution < -0.4 is 5.73 Å². The molecule has 0 aliphatic carbocycles. The summed E-state index contributed by atoms with van der Waals surface area (Å²) in [6.07, 6.45) is 0. The normalized spacial score (nSPS) is 11.2. The minimum atomic E-state index is 0.404. The van der Waals surface area contributed by atoms with Gasteiger partial charge in [0.1, 0.15) is 12.4 Å². The molecule has 16 heavy (non-hydrogen) atoms. The van der Waals surface area contributed by atoms with Crippen molar-refractivity contribution in [2.75, 3.05) is 13.2 Å². The molecule has 0 amide bonds. The summed E-state index contributed by atoms with van der Waals surface area (Å²) in [5, 5.41) is 1.00. The molecule has 0 unspecified atom stereocenters. The molecule has 0 saturated carbocycles. The van der Waals surface area contributed by atoms with Crippen LogP contribution >= 0.6 is 23.2 Å². The Morgan fingerprint density at radius 1 is 1.31 bits per heavy atom. The fourth-order valence-corrected chi connectivity index (χ4v) is 1.70. The lowest BCUT2D eigenvalue weighted by Gasteiger charge is -1.97. The Kier molecular flexibility index (Phi) is 3.66. The van der Waals surface area contributed by atoms with Gasteiger partial charge >= 0.3 is 0 Å². The van der Waals surface area contributed by atoms with Crippen LogP contribution in [-0.2, 0) is 11.3 Å². The van der Waals surface area contributed by atoms with Crippen LogP contribution in [0.2, 0.25) is 10.0 Å². The van der Waals surface area contributed by atoms with Gasteiger partial charge in [-0.2, -0.15) is 0 Å². The molecule has 0 radical (unpaired) electrons. The van der Waals surface area contributed by atoms with Crippen LogP contribution in [0.15, 0.2) is 12.1 Å². The highest BCUT2D eigenvalue weighted by atomic mass is 35.5. The second-order valence-electron chi connectivity index (χ2n) is 3.31. The summed E-state index contributed by atoms with van der Waals surface area (Å²) in [4.78, 5) is 7.42. The number of nitrogens with two attached hydrogens (primary N) is 1. The van der Waals surface area contributed by atoms with Gasteiger partial charge in [0.15, 0.2) is 0 Å². The number of nitrogens with zero attached hydrogens (tertiary/aromatic N) is 1. The van der Waals surface area contributed by atoms with E-state index < -0.39 is 0 Å². The van der Waals surface area contributed by atoms with Crippen molar-refractivity contribution in [3.8, 4) is 0 Å². The number of ether oxygens (including phenoxy) is 1. The molecule has 0 aliphatic heterocycles. The molecule has 4 nitrogen and oxygen atoms in total. The van der Waals surface area contributed by atoms with E-state index in [1.807, 2.05) is 0 Å². The van der Waals surface area contributed by atoms with E-state index in [2.05, 4.69) is 9.97 Å². The summed E-state index contributed by atoms with van der Waals surface area (Å²) in [6, 6.07) is 3.47. The number of rotatable bonds is 4. The summed E-state index contributed by atoms with van der Waals surface area (Å²) in [5.41, 5.74) is 6.94. The standard InChI is InChI=1S/C10H11Cl2N3O/c11-6-3-8-9(4-7(6)12)15-10(14-8)5-16-2-1-13/h3-4H,1-2,5,13H2,(H,14,15). The highest BCUT2D eigenvalue weighted by molar-refractivity contribution is 6.42. The zero-order valence-corrected chi connectivity index (χ0v) is 9.98. The average Bonchev–Trinajstić information content (AvgIpc) is 2.61. The van der Waals surface area contributed by atoms with Crippen LogP contribution in [0, 0.1) is 0 Å². The van der Waals surface area contributed by atoms with Gasteiger partial charge in [-0.1, -0.05) is 23.2 Å². The number of hydrogen-bond donors (Lipinski definition) is 2. The quantitative estimate of drug-likeness (QED) is 0.829. The SMILES string of the molecule is NCCOCc1nc2cc(Cl)c(Cl)cc2[nH]1. The number of aromatic amines is 1. The lowest BCUT2D eigenvalue weighted by atomic mass is 10.3. The van der Waals surface area contributed by atoms with Crippen molar-refractivity contribution in [3.63, 3.8) is 0 Å². The Morgan fingerprint density at radius 3 is 2.81 bits per heavy atom. The molecule has 0 atom stereocenters. The second kappa shape index (κ2) is 5.01. The van der Waals surface area contributed by atoms with Gasteiger partial charge in [-0.15, -0.1) is 0 Å². The molecule has 1 aromatic carbocycles. The molecule has 1 heterocycles. The van der Waals surface area contributed by atoms with Gasteiger partial charge < -0.3 is 15.5 Å². The Balaban J connectivity index is 2.23. The number of hydrogen-bond acceptors (Lipinski definition) is 3. The van der Waals surface area contributed by atoms with Crippen molar-refractivity contribution >= 4 is 34.2 Å². The number of nitrogens with one attached hydrogen (secondary N) is 1. The third-order valence-electron chi connectivity index (χ3n) is 2.07. The van der Waals surface area contributed by atoms with Gasteiger partial charge in [-0.05, 0) is 12.1 Å². The first-order chi connectivity index (χ1) is 7.70. The molecule has 0 spiro atoms. The molecule has 0 aliphatic rings. The summed E-state index contributed by atoms with van der Waals surface area (Å²) in [6.45, 7) is 1.41. The summed E-state index contributed by atoms with van der Waals surface area (Å²) >= 11 is 11.8. The highest BCUT2D eigenvalue weighted by Gasteiger charge is 2.06. The predicted molar refractivity (Wildman–Crippen MR) is 64.8 cm³/mol. The van der Waals surface area contributed by atoms with Crippen LogP contribution in [0.25, 0.3) is 11.0 Å². The highest BCUT2D eigenvalue weighted by Crippen LogP contribution is 2.26. The van der Waals surface area contributed by atoms with Crippen molar-refractivity contribution in [1.82, 2.24) is 9.97 Å². The van der Waals surface area contributed by atoms with Crippen molar-refractivity contribution in [1.29, 1.82) is 0 Å². The molecule has 3 N–H and O–H groups in total. The van der Waals surface area contributed by atoms with Crippen LogP contribution in [0.4, 0.5) is 0 Å². The largest absolute Gasteiger partial charge is 0.372 e.